The van der Waals surface area contributed by atoms with Crippen LogP contribution in [-0.4, -0.2) is 16.7 Å². The van der Waals surface area contributed by atoms with Crippen molar-refractivity contribution in [3.63, 3.8) is 0 Å². The van der Waals surface area contributed by atoms with E-state index in [2.05, 4.69) is 34.5 Å². The van der Waals surface area contributed by atoms with Crippen LogP contribution in [0.5, 0.6) is 0 Å². The maximum absolute atomic E-state index is 12.1. The molecule has 5 heteroatoms. The van der Waals surface area contributed by atoms with E-state index in [1.54, 1.807) is 0 Å². The molecule has 0 aliphatic heterocycles. The van der Waals surface area contributed by atoms with Crippen molar-refractivity contribution in [3.8, 4) is 0 Å². The zero-order valence-electron chi connectivity index (χ0n) is 18.1. The van der Waals surface area contributed by atoms with Crippen molar-refractivity contribution in [2.45, 2.75) is 46.4 Å². The van der Waals surface area contributed by atoms with Crippen LogP contribution in [0.25, 0.3) is 0 Å². The van der Waals surface area contributed by atoms with Crippen molar-refractivity contribution in [2.24, 2.45) is 0 Å². The first-order valence-electron chi connectivity index (χ1n) is 10.1. The van der Waals surface area contributed by atoms with Crippen molar-refractivity contribution < 1.29 is 9.53 Å². The van der Waals surface area contributed by atoms with Gasteiger partial charge in [0.15, 0.2) is 0 Å². The topological polar surface area (TPSA) is 54.5 Å². The van der Waals surface area contributed by atoms with Gasteiger partial charge in [-0.1, -0.05) is 60.7 Å². The molecule has 0 saturated carbocycles. The summed E-state index contributed by atoms with van der Waals surface area (Å²) in [5.41, 5.74) is 3.26. The number of aromatic nitrogens is 1. The van der Waals surface area contributed by atoms with Crippen LogP contribution in [0.3, 0.4) is 0 Å². The second-order valence-corrected chi connectivity index (χ2v) is 8.26. The molecule has 1 aromatic heterocycles. The van der Waals surface area contributed by atoms with Crippen LogP contribution in [0.4, 0.5) is 16.3 Å². The third kappa shape index (κ3) is 6.34. The van der Waals surface area contributed by atoms with Crippen LogP contribution in [0.15, 0.2) is 72.8 Å². The lowest BCUT2D eigenvalue weighted by molar-refractivity contribution is 0.0635. The van der Waals surface area contributed by atoms with Gasteiger partial charge >= 0.3 is 6.09 Å². The van der Waals surface area contributed by atoms with E-state index in [-0.39, 0.29) is 0 Å². The van der Waals surface area contributed by atoms with E-state index in [1.807, 2.05) is 76.2 Å². The summed E-state index contributed by atoms with van der Waals surface area (Å²) in [7, 11) is 0. The van der Waals surface area contributed by atoms with Crippen molar-refractivity contribution in [3.05, 3.63) is 89.6 Å². The standard InChI is InChI=1S/C25H29N3O2/c1-19-22(27-24(29)30-25(2,3)4)15-16-23(26-19)28(17-20-11-7-5-8-12-20)18-21-13-9-6-10-14-21/h5-16H,17-18H2,1-4H3,(H,27,29). The number of amides is 1. The van der Waals surface area contributed by atoms with Gasteiger partial charge in [-0.25, -0.2) is 9.78 Å². The predicted molar refractivity (Wildman–Crippen MR) is 122 cm³/mol. The largest absolute Gasteiger partial charge is 0.444 e. The number of aryl methyl sites for hydroxylation is 1. The monoisotopic (exact) mass is 403 g/mol. The average Bonchev–Trinajstić information content (AvgIpc) is 2.69. The zero-order chi connectivity index (χ0) is 21.6. The van der Waals surface area contributed by atoms with Crippen molar-refractivity contribution in [1.29, 1.82) is 0 Å². The third-order valence-corrected chi connectivity index (χ3v) is 4.46. The molecule has 1 N–H and O–H groups in total. The van der Waals surface area contributed by atoms with Crippen molar-refractivity contribution in [1.82, 2.24) is 4.98 Å². The molecule has 0 aliphatic rings. The van der Waals surface area contributed by atoms with E-state index < -0.39 is 11.7 Å². The lowest BCUT2D eigenvalue weighted by Gasteiger charge is -2.25. The summed E-state index contributed by atoms with van der Waals surface area (Å²) in [4.78, 5) is 19.1. The van der Waals surface area contributed by atoms with Crippen LogP contribution in [0.1, 0.15) is 37.6 Å². The second kappa shape index (κ2) is 9.44. The first kappa shape index (κ1) is 21.4. The molecule has 0 radical (unpaired) electrons. The zero-order valence-corrected chi connectivity index (χ0v) is 18.1. The van der Waals surface area contributed by atoms with E-state index in [1.165, 1.54) is 11.1 Å². The quantitative estimate of drug-likeness (QED) is 0.553. The van der Waals surface area contributed by atoms with Gasteiger partial charge in [0, 0.05) is 13.1 Å². The van der Waals surface area contributed by atoms with Gasteiger partial charge in [-0.3, -0.25) is 5.32 Å². The molecule has 3 aromatic rings. The number of carbonyl (C=O) groups excluding carboxylic acids is 1. The second-order valence-electron chi connectivity index (χ2n) is 8.26. The first-order valence-corrected chi connectivity index (χ1v) is 10.1. The average molecular weight is 404 g/mol. The molecular formula is C25H29N3O2. The summed E-state index contributed by atoms with van der Waals surface area (Å²) in [5, 5.41) is 2.79. The van der Waals surface area contributed by atoms with Crippen LogP contribution < -0.4 is 10.2 Å². The fraction of sp³-hybridized carbons (Fsp3) is 0.280. The maximum atomic E-state index is 12.1. The number of anilines is 2. The summed E-state index contributed by atoms with van der Waals surface area (Å²) < 4.78 is 5.34. The minimum Gasteiger partial charge on any atom is -0.444 e. The van der Waals surface area contributed by atoms with E-state index in [0.717, 1.165) is 24.6 Å². The van der Waals surface area contributed by atoms with Crippen LogP contribution in [0.2, 0.25) is 0 Å². The van der Waals surface area contributed by atoms with Crippen LogP contribution in [0, 0.1) is 6.92 Å². The molecule has 0 aliphatic carbocycles. The molecule has 30 heavy (non-hydrogen) atoms. The number of pyridine rings is 1. The Morgan fingerprint density at radius 3 is 1.90 bits per heavy atom. The summed E-state index contributed by atoms with van der Waals surface area (Å²) in [6.45, 7) is 8.88. The molecule has 5 nitrogen and oxygen atoms in total. The fourth-order valence-corrected chi connectivity index (χ4v) is 3.10. The molecule has 2 aromatic carbocycles. The van der Waals surface area contributed by atoms with Gasteiger partial charge in [-0.2, -0.15) is 0 Å². The highest BCUT2D eigenvalue weighted by atomic mass is 16.6. The first-order chi connectivity index (χ1) is 14.3. The van der Waals surface area contributed by atoms with Gasteiger partial charge in [0.1, 0.15) is 11.4 Å². The Morgan fingerprint density at radius 2 is 1.43 bits per heavy atom. The highest BCUT2D eigenvalue weighted by Crippen LogP contribution is 2.23. The Bertz CT molecular complexity index is 925. The minimum absolute atomic E-state index is 0.481. The molecule has 0 saturated heterocycles. The molecule has 1 heterocycles. The lowest BCUT2D eigenvalue weighted by Crippen LogP contribution is -2.27. The highest BCUT2D eigenvalue weighted by Gasteiger charge is 2.18. The number of benzene rings is 2. The van der Waals surface area contributed by atoms with Gasteiger partial charge < -0.3 is 9.64 Å². The Hall–Kier alpha value is -3.34. The van der Waals surface area contributed by atoms with Crippen molar-refractivity contribution >= 4 is 17.6 Å². The number of hydrogen-bond acceptors (Lipinski definition) is 4. The van der Waals surface area contributed by atoms with E-state index in [9.17, 15) is 4.79 Å². The smallest absolute Gasteiger partial charge is 0.412 e. The van der Waals surface area contributed by atoms with E-state index >= 15 is 0 Å². The Morgan fingerprint density at radius 1 is 0.900 bits per heavy atom. The van der Waals surface area contributed by atoms with Gasteiger partial charge in [0.2, 0.25) is 0 Å². The molecule has 0 fully saturated rings. The molecule has 1 amide bonds. The van der Waals surface area contributed by atoms with Gasteiger partial charge in [-0.15, -0.1) is 0 Å². The Balaban J connectivity index is 1.82. The summed E-state index contributed by atoms with van der Waals surface area (Å²) in [6, 6.07) is 24.5. The number of ether oxygens (including phenoxy) is 1. The molecule has 0 bridgehead atoms. The van der Waals surface area contributed by atoms with Crippen LogP contribution >= 0.6 is 0 Å². The number of nitrogens with one attached hydrogen (secondary N) is 1. The molecule has 3 rings (SSSR count). The van der Waals surface area contributed by atoms with Crippen molar-refractivity contribution in [2.75, 3.05) is 10.2 Å². The lowest BCUT2D eigenvalue weighted by atomic mass is 10.1. The molecular weight excluding hydrogens is 374 g/mol. The summed E-state index contributed by atoms with van der Waals surface area (Å²) >= 11 is 0. The maximum Gasteiger partial charge on any atom is 0.412 e. The van der Waals surface area contributed by atoms with E-state index in [0.29, 0.717) is 5.69 Å². The molecule has 0 unspecified atom stereocenters. The normalized spacial score (nSPS) is 11.1. The number of rotatable bonds is 6. The summed E-state index contributed by atoms with van der Waals surface area (Å²) in [6.07, 6.45) is -0.481. The highest BCUT2D eigenvalue weighted by molar-refractivity contribution is 5.85. The number of carbonyl (C=O) groups is 1. The molecule has 156 valence electrons. The predicted octanol–water partition coefficient (Wildman–Crippen LogP) is 5.94. The molecule has 0 atom stereocenters. The van der Waals surface area contributed by atoms with Gasteiger partial charge in [0.25, 0.3) is 0 Å². The molecule has 0 spiro atoms. The third-order valence-electron chi connectivity index (χ3n) is 4.46. The minimum atomic E-state index is -0.548. The van der Waals surface area contributed by atoms with Crippen LogP contribution in [-0.2, 0) is 17.8 Å². The Kier molecular flexibility index (Phi) is 6.72. The fourth-order valence-electron chi connectivity index (χ4n) is 3.10. The Labute approximate surface area is 178 Å². The number of hydrogen-bond donors (Lipinski definition) is 1. The summed E-state index contributed by atoms with van der Waals surface area (Å²) in [5.74, 6) is 0.856. The van der Waals surface area contributed by atoms with Gasteiger partial charge in [0.05, 0.1) is 11.4 Å². The number of nitrogens with zero attached hydrogens (tertiary/aromatic N) is 2. The SMILES string of the molecule is Cc1nc(N(Cc2ccccc2)Cc2ccccc2)ccc1NC(=O)OC(C)(C)C. The van der Waals surface area contributed by atoms with E-state index in [4.69, 9.17) is 9.72 Å². The van der Waals surface area contributed by atoms with Gasteiger partial charge in [-0.05, 0) is 51.0 Å².